The lowest BCUT2D eigenvalue weighted by Gasteiger charge is -2.08. The number of benzene rings is 3. The van der Waals surface area contributed by atoms with Crippen LogP contribution in [0.25, 0.3) is 0 Å². The first-order valence-corrected chi connectivity index (χ1v) is 17.4. The second-order valence-corrected chi connectivity index (χ2v) is 11.7. The van der Waals surface area contributed by atoms with Gasteiger partial charge in [0.2, 0.25) is 0 Å². The number of ether oxygens (including phenoxy) is 3. The van der Waals surface area contributed by atoms with Crippen molar-refractivity contribution >= 4 is 17.3 Å². The SMILES string of the molecule is CCCCCCCCCCCCCCCCOc1ccc(C(=O)Oc2ccc(N=Nc3ccc(OCCCC)cc3)cc2)cc1. The Morgan fingerprint density at radius 3 is 1.31 bits per heavy atom. The summed E-state index contributed by atoms with van der Waals surface area (Å²) in [6.45, 7) is 5.83. The lowest BCUT2D eigenvalue weighted by molar-refractivity contribution is 0.0734. The lowest BCUT2D eigenvalue weighted by atomic mass is 10.0. The fourth-order valence-corrected chi connectivity index (χ4v) is 4.98. The normalized spacial score (nSPS) is 11.2. The van der Waals surface area contributed by atoms with Gasteiger partial charge in [0.05, 0.1) is 30.2 Å². The van der Waals surface area contributed by atoms with Crippen molar-refractivity contribution < 1.29 is 19.0 Å². The van der Waals surface area contributed by atoms with Gasteiger partial charge in [0.25, 0.3) is 0 Å². The van der Waals surface area contributed by atoms with E-state index >= 15 is 0 Å². The minimum Gasteiger partial charge on any atom is -0.494 e. The summed E-state index contributed by atoms with van der Waals surface area (Å²) in [5.74, 6) is 1.64. The molecule has 0 aliphatic carbocycles. The highest BCUT2D eigenvalue weighted by atomic mass is 16.5. The van der Waals surface area contributed by atoms with E-state index in [9.17, 15) is 4.79 Å². The van der Waals surface area contributed by atoms with E-state index in [4.69, 9.17) is 14.2 Å². The van der Waals surface area contributed by atoms with Crippen LogP contribution in [0.1, 0.15) is 127 Å². The highest BCUT2D eigenvalue weighted by Crippen LogP contribution is 2.24. The van der Waals surface area contributed by atoms with Crippen molar-refractivity contribution in [3.8, 4) is 17.2 Å². The van der Waals surface area contributed by atoms with E-state index in [-0.39, 0.29) is 0 Å². The monoisotopic (exact) mass is 614 g/mol. The molecule has 6 nitrogen and oxygen atoms in total. The third-order valence-corrected chi connectivity index (χ3v) is 7.79. The summed E-state index contributed by atoms with van der Waals surface area (Å²) in [7, 11) is 0. The third-order valence-electron chi connectivity index (χ3n) is 7.79. The summed E-state index contributed by atoms with van der Waals surface area (Å²) in [6, 6.07) is 21.6. The Hall–Kier alpha value is -3.67. The largest absolute Gasteiger partial charge is 0.494 e. The molecule has 0 radical (unpaired) electrons. The number of rotatable bonds is 24. The third kappa shape index (κ3) is 15.8. The maximum atomic E-state index is 12.6. The Balaban J connectivity index is 1.25. The summed E-state index contributed by atoms with van der Waals surface area (Å²) in [4.78, 5) is 12.6. The number of unbranched alkanes of at least 4 members (excludes halogenated alkanes) is 14. The van der Waals surface area contributed by atoms with Gasteiger partial charge in [-0.05, 0) is 85.6 Å². The molecule has 0 unspecified atom stereocenters. The smallest absolute Gasteiger partial charge is 0.343 e. The van der Waals surface area contributed by atoms with E-state index in [0.717, 1.165) is 36.4 Å². The molecule has 0 N–H and O–H groups in total. The quantitative estimate of drug-likeness (QED) is 0.0435. The number of carbonyl (C=O) groups excluding carboxylic acids is 1. The minimum atomic E-state index is -0.413. The molecular formula is C39H54N2O4. The lowest BCUT2D eigenvalue weighted by Crippen LogP contribution is -2.08. The molecule has 3 aromatic carbocycles. The Labute approximate surface area is 271 Å². The van der Waals surface area contributed by atoms with Gasteiger partial charge in [-0.15, -0.1) is 0 Å². The van der Waals surface area contributed by atoms with Gasteiger partial charge in [-0.1, -0.05) is 104 Å². The zero-order valence-corrected chi connectivity index (χ0v) is 27.7. The number of hydrogen-bond acceptors (Lipinski definition) is 6. The molecule has 0 aliphatic heterocycles. The fraction of sp³-hybridized carbons (Fsp3) is 0.513. The summed E-state index contributed by atoms with van der Waals surface area (Å²) in [6.07, 6.45) is 20.9. The molecule has 0 atom stereocenters. The van der Waals surface area contributed by atoms with Crippen LogP contribution in [0.4, 0.5) is 11.4 Å². The van der Waals surface area contributed by atoms with Crippen molar-refractivity contribution in [1.82, 2.24) is 0 Å². The zero-order chi connectivity index (χ0) is 31.8. The van der Waals surface area contributed by atoms with Crippen LogP contribution in [-0.4, -0.2) is 19.2 Å². The van der Waals surface area contributed by atoms with Gasteiger partial charge >= 0.3 is 5.97 Å². The molecule has 6 heteroatoms. The summed E-state index contributed by atoms with van der Waals surface area (Å²) in [5, 5.41) is 8.54. The van der Waals surface area contributed by atoms with Crippen LogP contribution in [0.2, 0.25) is 0 Å². The van der Waals surface area contributed by atoms with Gasteiger partial charge in [0.1, 0.15) is 17.2 Å². The average molecular weight is 615 g/mol. The van der Waals surface area contributed by atoms with Gasteiger partial charge in [-0.25, -0.2) is 4.79 Å². The molecule has 45 heavy (non-hydrogen) atoms. The van der Waals surface area contributed by atoms with Crippen molar-refractivity contribution in [2.75, 3.05) is 13.2 Å². The molecule has 3 rings (SSSR count). The van der Waals surface area contributed by atoms with E-state index in [0.29, 0.717) is 30.2 Å². The molecular weight excluding hydrogens is 560 g/mol. The molecule has 0 heterocycles. The number of carbonyl (C=O) groups is 1. The van der Waals surface area contributed by atoms with Crippen molar-refractivity contribution in [2.45, 2.75) is 117 Å². The highest BCUT2D eigenvalue weighted by Gasteiger charge is 2.09. The van der Waals surface area contributed by atoms with E-state index in [1.54, 1.807) is 36.4 Å². The predicted molar refractivity (Wildman–Crippen MR) is 185 cm³/mol. The Morgan fingerprint density at radius 2 is 0.844 bits per heavy atom. The first kappa shape index (κ1) is 35.8. The Kier molecular flexibility index (Phi) is 18.1. The molecule has 0 saturated heterocycles. The van der Waals surface area contributed by atoms with Gasteiger partial charge < -0.3 is 14.2 Å². The fourth-order valence-electron chi connectivity index (χ4n) is 4.98. The van der Waals surface area contributed by atoms with Gasteiger partial charge in [0, 0.05) is 0 Å². The van der Waals surface area contributed by atoms with E-state index < -0.39 is 5.97 Å². The number of nitrogens with zero attached hydrogens (tertiary/aromatic N) is 2. The number of hydrogen-bond donors (Lipinski definition) is 0. The maximum Gasteiger partial charge on any atom is 0.343 e. The highest BCUT2D eigenvalue weighted by molar-refractivity contribution is 5.91. The van der Waals surface area contributed by atoms with Crippen LogP contribution in [0.15, 0.2) is 83.0 Å². The molecule has 0 saturated carbocycles. The van der Waals surface area contributed by atoms with Crippen LogP contribution >= 0.6 is 0 Å². The first-order valence-electron chi connectivity index (χ1n) is 17.4. The second-order valence-electron chi connectivity index (χ2n) is 11.7. The van der Waals surface area contributed by atoms with Crippen LogP contribution < -0.4 is 14.2 Å². The molecule has 0 aliphatic rings. The topological polar surface area (TPSA) is 69.5 Å². The second kappa shape index (κ2) is 22.8. The van der Waals surface area contributed by atoms with Crippen LogP contribution in [0, 0.1) is 0 Å². The molecule has 0 fully saturated rings. The average Bonchev–Trinajstić information content (AvgIpc) is 3.07. The number of azo groups is 1. The molecule has 3 aromatic rings. The summed E-state index contributed by atoms with van der Waals surface area (Å²) in [5.41, 5.74) is 1.88. The molecule has 0 aromatic heterocycles. The van der Waals surface area contributed by atoms with Crippen molar-refractivity contribution in [1.29, 1.82) is 0 Å². The molecule has 0 spiro atoms. The standard InChI is InChI=1S/C39H54N2O4/c1-3-5-7-8-9-10-11-12-13-14-15-16-17-18-32-44-36-25-19-33(20-26-36)39(42)45-38-29-23-35(24-30-38)41-40-34-21-27-37(28-22-34)43-31-6-4-2/h19-30H,3-18,31-32H2,1-2H3. The number of esters is 1. The Morgan fingerprint density at radius 1 is 0.467 bits per heavy atom. The van der Waals surface area contributed by atoms with Crippen LogP contribution in [0.5, 0.6) is 17.2 Å². The minimum absolute atomic E-state index is 0.413. The summed E-state index contributed by atoms with van der Waals surface area (Å²) < 4.78 is 17.1. The van der Waals surface area contributed by atoms with Gasteiger partial charge in [0.15, 0.2) is 0 Å². The molecule has 0 amide bonds. The molecule has 0 bridgehead atoms. The van der Waals surface area contributed by atoms with E-state index in [2.05, 4.69) is 24.1 Å². The van der Waals surface area contributed by atoms with Crippen molar-refractivity contribution in [3.63, 3.8) is 0 Å². The molecule has 244 valence electrons. The maximum absolute atomic E-state index is 12.6. The zero-order valence-electron chi connectivity index (χ0n) is 27.7. The van der Waals surface area contributed by atoms with Crippen molar-refractivity contribution in [3.05, 3.63) is 78.4 Å². The predicted octanol–water partition coefficient (Wildman–Crippen LogP) is 12.4. The van der Waals surface area contributed by atoms with Gasteiger partial charge in [-0.3, -0.25) is 0 Å². The van der Waals surface area contributed by atoms with Crippen LogP contribution in [0.3, 0.4) is 0 Å². The van der Waals surface area contributed by atoms with Crippen LogP contribution in [-0.2, 0) is 0 Å². The van der Waals surface area contributed by atoms with E-state index in [1.807, 2.05) is 36.4 Å². The first-order chi connectivity index (χ1) is 22.2. The Bertz CT molecular complexity index is 1210. The summed E-state index contributed by atoms with van der Waals surface area (Å²) >= 11 is 0. The van der Waals surface area contributed by atoms with Gasteiger partial charge in [-0.2, -0.15) is 10.2 Å². The van der Waals surface area contributed by atoms with E-state index in [1.165, 1.54) is 83.5 Å². The van der Waals surface area contributed by atoms with Crippen molar-refractivity contribution in [2.24, 2.45) is 10.2 Å².